The summed E-state index contributed by atoms with van der Waals surface area (Å²) in [4.78, 5) is 0. The van der Waals surface area contributed by atoms with E-state index in [1.807, 2.05) is 12.1 Å². The molecule has 0 amide bonds. The number of halogens is 1. The maximum absolute atomic E-state index is 5.88. The van der Waals surface area contributed by atoms with Crippen LogP contribution in [0.4, 0.5) is 0 Å². The van der Waals surface area contributed by atoms with Crippen molar-refractivity contribution < 1.29 is 0 Å². The number of benzene rings is 1. The van der Waals surface area contributed by atoms with Gasteiger partial charge in [-0.05, 0) is 43.0 Å². The van der Waals surface area contributed by atoms with E-state index in [9.17, 15) is 0 Å². The maximum atomic E-state index is 5.88. The molecular weight excluding hydrogens is 218 g/mol. The molecule has 0 heterocycles. The van der Waals surface area contributed by atoms with Crippen molar-refractivity contribution in [3.05, 3.63) is 34.9 Å². The highest BCUT2D eigenvalue weighted by atomic mass is 35.5. The third-order valence-corrected chi connectivity index (χ3v) is 3.08. The molecule has 0 aliphatic heterocycles. The van der Waals surface area contributed by atoms with Gasteiger partial charge >= 0.3 is 0 Å². The van der Waals surface area contributed by atoms with Crippen LogP contribution in [-0.2, 0) is 6.42 Å². The molecule has 0 saturated heterocycles. The van der Waals surface area contributed by atoms with E-state index < -0.39 is 0 Å². The monoisotopic (exact) mass is 239 g/mol. The molecule has 0 fully saturated rings. The highest BCUT2D eigenvalue weighted by Crippen LogP contribution is 2.14. The van der Waals surface area contributed by atoms with Crippen LogP contribution in [0.2, 0.25) is 5.02 Å². The second-order valence-corrected chi connectivity index (χ2v) is 5.07. The molecule has 90 valence electrons. The summed E-state index contributed by atoms with van der Waals surface area (Å²) in [7, 11) is 0. The first-order valence-corrected chi connectivity index (χ1v) is 6.49. The molecule has 0 aromatic heterocycles. The molecule has 1 aromatic carbocycles. The molecule has 16 heavy (non-hydrogen) atoms. The molecule has 0 aliphatic carbocycles. The van der Waals surface area contributed by atoms with E-state index in [0.29, 0.717) is 12.0 Å². The normalized spacial score (nSPS) is 13.1. The van der Waals surface area contributed by atoms with Crippen molar-refractivity contribution in [3.63, 3.8) is 0 Å². The lowest BCUT2D eigenvalue weighted by Gasteiger charge is -2.22. The number of rotatable bonds is 6. The number of hydrogen-bond acceptors (Lipinski definition) is 1. The van der Waals surface area contributed by atoms with Gasteiger partial charge in [-0.1, -0.05) is 44.5 Å². The molecule has 0 radical (unpaired) electrons. The zero-order chi connectivity index (χ0) is 12.0. The van der Waals surface area contributed by atoms with Crippen molar-refractivity contribution in [2.45, 2.75) is 39.7 Å². The van der Waals surface area contributed by atoms with E-state index >= 15 is 0 Å². The number of nitrogens with one attached hydrogen (secondary N) is 1. The van der Waals surface area contributed by atoms with Crippen LogP contribution in [0.1, 0.15) is 32.8 Å². The smallest absolute Gasteiger partial charge is 0.0406 e. The predicted octanol–water partition coefficient (Wildman–Crippen LogP) is 3.91. The van der Waals surface area contributed by atoms with Gasteiger partial charge in [0.15, 0.2) is 0 Å². The fourth-order valence-corrected chi connectivity index (χ4v) is 1.87. The third-order valence-electron chi connectivity index (χ3n) is 2.83. The summed E-state index contributed by atoms with van der Waals surface area (Å²) >= 11 is 5.88. The summed E-state index contributed by atoms with van der Waals surface area (Å²) in [5.74, 6) is 0.655. The highest BCUT2D eigenvalue weighted by molar-refractivity contribution is 6.30. The largest absolute Gasteiger partial charge is 0.313 e. The minimum Gasteiger partial charge on any atom is -0.313 e. The minimum absolute atomic E-state index is 0.557. The number of hydrogen-bond donors (Lipinski definition) is 1. The summed E-state index contributed by atoms with van der Waals surface area (Å²) in [6.07, 6.45) is 2.26. The lowest BCUT2D eigenvalue weighted by atomic mass is 9.96. The van der Waals surface area contributed by atoms with Crippen molar-refractivity contribution >= 4 is 11.6 Å². The Hall–Kier alpha value is -0.530. The Morgan fingerprint density at radius 3 is 2.31 bits per heavy atom. The highest BCUT2D eigenvalue weighted by Gasteiger charge is 2.12. The van der Waals surface area contributed by atoms with E-state index in [1.54, 1.807) is 0 Å². The Bertz CT molecular complexity index is 292. The molecule has 1 atom stereocenters. The van der Waals surface area contributed by atoms with E-state index in [0.717, 1.165) is 18.0 Å². The molecular formula is C14H22ClN. The molecule has 1 N–H and O–H groups in total. The molecule has 1 nitrogen and oxygen atoms in total. The van der Waals surface area contributed by atoms with Crippen LogP contribution < -0.4 is 5.32 Å². The van der Waals surface area contributed by atoms with Gasteiger partial charge in [-0.2, -0.15) is 0 Å². The average molecular weight is 240 g/mol. The Kier molecular flexibility index (Phi) is 5.86. The molecule has 0 saturated carbocycles. The Balaban J connectivity index is 2.57. The molecule has 1 rings (SSSR count). The zero-order valence-corrected chi connectivity index (χ0v) is 11.2. The summed E-state index contributed by atoms with van der Waals surface area (Å²) in [5.41, 5.74) is 1.35. The van der Waals surface area contributed by atoms with E-state index in [1.165, 1.54) is 12.0 Å². The van der Waals surface area contributed by atoms with Gasteiger partial charge in [-0.25, -0.2) is 0 Å². The van der Waals surface area contributed by atoms with Gasteiger partial charge in [0.2, 0.25) is 0 Å². The fraction of sp³-hybridized carbons (Fsp3) is 0.571. The van der Waals surface area contributed by atoms with Crippen LogP contribution in [0.15, 0.2) is 24.3 Å². The van der Waals surface area contributed by atoms with Crippen molar-refractivity contribution in [3.8, 4) is 0 Å². The average Bonchev–Trinajstić information content (AvgIpc) is 2.26. The first kappa shape index (κ1) is 13.5. The van der Waals surface area contributed by atoms with E-state index in [2.05, 4.69) is 38.2 Å². The summed E-state index contributed by atoms with van der Waals surface area (Å²) in [6.45, 7) is 7.83. The van der Waals surface area contributed by atoms with Crippen molar-refractivity contribution in [1.29, 1.82) is 0 Å². The van der Waals surface area contributed by atoms with Crippen molar-refractivity contribution in [1.82, 2.24) is 5.32 Å². The van der Waals surface area contributed by atoms with Gasteiger partial charge in [-0.15, -0.1) is 0 Å². The molecule has 0 spiro atoms. The van der Waals surface area contributed by atoms with Gasteiger partial charge in [0, 0.05) is 11.1 Å². The molecule has 0 bridgehead atoms. The summed E-state index contributed by atoms with van der Waals surface area (Å²) in [5, 5.41) is 4.41. The van der Waals surface area contributed by atoms with Crippen molar-refractivity contribution in [2.24, 2.45) is 5.92 Å². The van der Waals surface area contributed by atoms with E-state index in [4.69, 9.17) is 11.6 Å². The quantitative estimate of drug-likeness (QED) is 0.794. The zero-order valence-electron chi connectivity index (χ0n) is 10.5. The van der Waals surface area contributed by atoms with Crippen molar-refractivity contribution in [2.75, 3.05) is 6.54 Å². The van der Waals surface area contributed by atoms with Gasteiger partial charge in [-0.3, -0.25) is 0 Å². The lowest BCUT2D eigenvalue weighted by molar-refractivity contribution is 0.397. The van der Waals surface area contributed by atoms with Crippen LogP contribution in [0.25, 0.3) is 0 Å². The van der Waals surface area contributed by atoms with Gasteiger partial charge in [0.05, 0.1) is 0 Å². The van der Waals surface area contributed by atoms with Crippen LogP contribution >= 0.6 is 11.6 Å². The van der Waals surface area contributed by atoms with Gasteiger partial charge in [0.1, 0.15) is 0 Å². The third kappa shape index (κ3) is 4.54. The van der Waals surface area contributed by atoms with Gasteiger partial charge < -0.3 is 5.32 Å². The van der Waals surface area contributed by atoms with Crippen LogP contribution in [0, 0.1) is 5.92 Å². The molecule has 1 unspecified atom stereocenters. The Morgan fingerprint density at radius 1 is 1.19 bits per heavy atom. The lowest BCUT2D eigenvalue weighted by Crippen LogP contribution is -2.36. The van der Waals surface area contributed by atoms with Gasteiger partial charge in [0.25, 0.3) is 0 Å². The second kappa shape index (κ2) is 6.93. The topological polar surface area (TPSA) is 12.0 Å². The van der Waals surface area contributed by atoms with Crippen LogP contribution in [0.5, 0.6) is 0 Å². The fourth-order valence-electron chi connectivity index (χ4n) is 1.75. The predicted molar refractivity (Wildman–Crippen MR) is 72.1 cm³/mol. The standard InChI is InChI=1S/C14H22ClN/c1-4-9-16-14(11(2)3)10-12-5-7-13(15)8-6-12/h5-8,11,14,16H,4,9-10H2,1-3H3. The summed E-state index contributed by atoms with van der Waals surface area (Å²) in [6, 6.07) is 8.72. The SMILES string of the molecule is CCCNC(Cc1ccc(Cl)cc1)C(C)C. The molecule has 1 aromatic rings. The first-order chi connectivity index (χ1) is 7.63. The molecule has 2 heteroatoms. The summed E-state index contributed by atoms with van der Waals surface area (Å²) < 4.78 is 0. The second-order valence-electron chi connectivity index (χ2n) is 4.64. The van der Waals surface area contributed by atoms with Crippen LogP contribution in [0.3, 0.4) is 0 Å². The van der Waals surface area contributed by atoms with Crippen LogP contribution in [-0.4, -0.2) is 12.6 Å². The molecule has 0 aliphatic rings. The Labute approximate surface area is 104 Å². The Morgan fingerprint density at radius 2 is 1.81 bits per heavy atom. The minimum atomic E-state index is 0.557. The first-order valence-electron chi connectivity index (χ1n) is 6.11. The maximum Gasteiger partial charge on any atom is 0.0406 e. The van der Waals surface area contributed by atoms with E-state index in [-0.39, 0.29) is 0 Å².